The number of rotatable bonds is 2. The van der Waals surface area contributed by atoms with Gasteiger partial charge < -0.3 is 4.74 Å². The summed E-state index contributed by atoms with van der Waals surface area (Å²) >= 11 is 1.79. The van der Waals surface area contributed by atoms with Crippen molar-refractivity contribution in [3.05, 3.63) is 27.3 Å². The molecule has 0 aliphatic rings. The first-order valence-electron chi connectivity index (χ1n) is 3.63. The van der Waals surface area contributed by atoms with Crippen molar-refractivity contribution in [3.63, 3.8) is 0 Å². The number of halogens is 2. The van der Waals surface area contributed by atoms with E-state index in [1.54, 1.807) is 29.5 Å². The van der Waals surface area contributed by atoms with E-state index in [0.29, 0.717) is 3.57 Å². The zero-order valence-electron chi connectivity index (χ0n) is 6.88. The maximum atomic E-state index is 12.7. The molecule has 0 amide bonds. The van der Waals surface area contributed by atoms with Crippen molar-refractivity contribution in [1.29, 1.82) is 0 Å². The van der Waals surface area contributed by atoms with Gasteiger partial charge >= 0.3 is 5.97 Å². The standard InChI is InChI=1S/C8H7FINO2/c1-2-13-8(12)7-3-6(10)5(9)4-11-7/h3-4H,2H2,1H3. The van der Waals surface area contributed by atoms with E-state index in [9.17, 15) is 9.18 Å². The lowest BCUT2D eigenvalue weighted by molar-refractivity contribution is 0.0519. The Morgan fingerprint density at radius 3 is 3.00 bits per heavy atom. The van der Waals surface area contributed by atoms with Crippen LogP contribution in [0.15, 0.2) is 12.3 Å². The van der Waals surface area contributed by atoms with Gasteiger partial charge in [-0.25, -0.2) is 14.2 Å². The number of ether oxygens (including phenoxy) is 1. The molecule has 0 aromatic carbocycles. The van der Waals surface area contributed by atoms with Gasteiger partial charge in [-0.3, -0.25) is 0 Å². The summed E-state index contributed by atoms with van der Waals surface area (Å²) in [6, 6.07) is 1.36. The van der Waals surface area contributed by atoms with Crippen LogP contribution in [0, 0.1) is 9.39 Å². The van der Waals surface area contributed by atoms with Gasteiger partial charge in [0.15, 0.2) is 5.82 Å². The molecule has 5 heteroatoms. The first-order chi connectivity index (χ1) is 6.15. The Bertz CT molecular complexity index is 330. The monoisotopic (exact) mass is 295 g/mol. The van der Waals surface area contributed by atoms with Crippen molar-refractivity contribution >= 4 is 28.6 Å². The summed E-state index contributed by atoms with van der Waals surface area (Å²) in [4.78, 5) is 14.7. The molecule has 0 N–H and O–H groups in total. The van der Waals surface area contributed by atoms with Crippen LogP contribution in [0.25, 0.3) is 0 Å². The molecule has 1 rings (SSSR count). The number of aromatic nitrogens is 1. The third-order valence-corrected chi connectivity index (χ3v) is 2.12. The molecule has 0 bridgehead atoms. The maximum Gasteiger partial charge on any atom is 0.356 e. The van der Waals surface area contributed by atoms with Gasteiger partial charge in [-0.2, -0.15) is 0 Å². The van der Waals surface area contributed by atoms with Gasteiger partial charge in [0.1, 0.15) is 5.69 Å². The predicted molar refractivity (Wildman–Crippen MR) is 52.9 cm³/mol. The Hall–Kier alpha value is -0.720. The average molecular weight is 295 g/mol. The van der Waals surface area contributed by atoms with Crippen LogP contribution in [-0.4, -0.2) is 17.6 Å². The van der Waals surface area contributed by atoms with E-state index >= 15 is 0 Å². The Morgan fingerprint density at radius 1 is 1.77 bits per heavy atom. The van der Waals surface area contributed by atoms with Gasteiger partial charge in [0, 0.05) is 0 Å². The fraction of sp³-hybridized carbons (Fsp3) is 0.250. The number of carbonyl (C=O) groups excluding carboxylic acids is 1. The van der Waals surface area contributed by atoms with Crippen LogP contribution in [0.5, 0.6) is 0 Å². The quantitative estimate of drug-likeness (QED) is 0.619. The molecule has 0 aliphatic heterocycles. The van der Waals surface area contributed by atoms with Crippen LogP contribution >= 0.6 is 22.6 Å². The third-order valence-electron chi connectivity index (χ3n) is 1.29. The lowest BCUT2D eigenvalue weighted by atomic mass is 10.3. The van der Waals surface area contributed by atoms with Gasteiger partial charge in [-0.1, -0.05) is 0 Å². The number of carbonyl (C=O) groups is 1. The molecule has 1 aromatic rings. The van der Waals surface area contributed by atoms with Crippen LogP contribution in [-0.2, 0) is 4.74 Å². The second-order valence-corrected chi connectivity index (χ2v) is 3.37. The van der Waals surface area contributed by atoms with E-state index < -0.39 is 11.8 Å². The van der Waals surface area contributed by atoms with Crippen LogP contribution in [0.4, 0.5) is 4.39 Å². The Kier molecular flexibility index (Phi) is 3.58. The lowest BCUT2D eigenvalue weighted by Gasteiger charge is -2.00. The van der Waals surface area contributed by atoms with Crippen molar-refractivity contribution < 1.29 is 13.9 Å². The van der Waals surface area contributed by atoms with E-state index in [2.05, 4.69) is 4.98 Å². The molecule has 0 radical (unpaired) electrons. The number of hydrogen-bond donors (Lipinski definition) is 0. The molecule has 0 aliphatic carbocycles. The van der Waals surface area contributed by atoms with E-state index in [0.717, 1.165) is 6.20 Å². The molecule has 0 fully saturated rings. The molecule has 1 heterocycles. The molecule has 1 aromatic heterocycles. The molecule has 0 saturated heterocycles. The molecule has 3 nitrogen and oxygen atoms in total. The fourth-order valence-corrected chi connectivity index (χ4v) is 1.17. The minimum atomic E-state index is -0.527. The van der Waals surface area contributed by atoms with Crippen molar-refractivity contribution in [2.24, 2.45) is 0 Å². The highest BCUT2D eigenvalue weighted by Crippen LogP contribution is 2.10. The number of nitrogens with zero attached hydrogens (tertiary/aromatic N) is 1. The van der Waals surface area contributed by atoms with Crippen molar-refractivity contribution in [1.82, 2.24) is 4.98 Å². The van der Waals surface area contributed by atoms with E-state index in [-0.39, 0.29) is 12.3 Å². The Labute approximate surface area is 88.4 Å². The lowest BCUT2D eigenvalue weighted by Crippen LogP contribution is -2.07. The minimum absolute atomic E-state index is 0.132. The highest BCUT2D eigenvalue weighted by molar-refractivity contribution is 14.1. The summed E-state index contributed by atoms with van der Waals surface area (Å²) in [5.41, 5.74) is 0.132. The highest BCUT2D eigenvalue weighted by Gasteiger charge is 2.10. The molecule has 0 unspecified atom stereocenters. The molecule has 0 atom stereocenters. The van der Waals surface area contributed by atoms with Crippen LogP contribution < -0.4 is 0 Å². The van der Waals surface area contributed by atoms with Gasteiger partial charge in [0.05, 0.1) is 16.4 Å². The van der Waals surface area contributed by atoms with Crippen molar-refractivity contribution in [2.45, 2.75) is 6.92 Å². The van der Waals surface area contributed by atoms with Crippen molar-refractivity contribution in [2.75, 3.05) is 6.61 Å². The van der Waals surface area contributed by atoms with Crippen molar-refractivity contribution in [3.8, 4) is 0 Å². The summed E-state index contributed by atoms with van der Waals surface area (Å²) in [5.74, 6) is -0.964. The molecule has 0 saturated carbocycles. The second-order valence-electron chi connectivity index (χ2n) is 2.20. The van der Waals surface area contributed by atoms with Crippen LogP contribution in [0.1, 0.15) is 17.4 Å². The van der Waals surface area contributed by atoms with Crippen LogP contribution in [0.2, 0.25) is 0 Å². The summed E-state index contributed by atoms with van der Waals surface area (Å²) in [6.45, 7) is 1.99. The first kappa shape index (κ1) is 10.4. The Balaban J connectivity index is 2.90. The Morgan fingerprint density at radius 2 is 2.46 bits per heavy atom. The van der Waals surface area contributed by atoms with E-state index in [1.165, 1.54) is 6.07 Å². The summed E-state index contributed by atoms with van der Waals surface area (Å²) in [5, 5.41) is 0. The smallest absolute Gasteiger partial charge is 0.356 e. The molecule has 0 spiro atoms. The highest BCUT2D eigenvalue weighted by atomic mass is 127. The molecule has 70 valence electrons. The zero-order valence-corrected chi connectivity index (χ0v) is 9.04. The third kappa shape index (κ3) is 2.61. The van der Waals surface area contributed by atoms with Gasteiger partial charge in [0.2, 0.25) is 0 Å². The summed E-state index contributed by atoms with van der Waals surface area (Å²) < 4.78 is 17.8. The number of hydrogen-bond acceptors (Lipinski definition) is 3. The first-order valence-corrected chi connectivity index (χ1v) is 4.71. The SMILES string of the molecule is CCOC(=O)c1cc(I)c(F)cn1. The number of esters is 1. The topological polar surface area (TPSA) is 39.2 Å². The number of pyridine rings is 1. The molecule has 13 heavy (non-hydrogen) atoms. The fourth-order valence-electron chi connectivity index (χ4n) is 0.731. The normalized spacial score (nSPS) is 9.77. The van der Waals surface area contributed by atoms with Gasteiger partial charge in [-0.15, -0.1) is 0 Å². The molecular formula is C8H7FINO2. The van der Waals surface area contributed by atoms with Crippen LogP contribution in [0.3, 0.4) is 0 Å². The zero-order chi connectivity index (χ0) is 9.84. The predicted octanol–water partition coefficient (Wildman–Crippen LogP) is 2.00. The van der Waals surface area contributed by atoms with E-state index in [1.807, 2.05) is 0 Å². The maximum absolute atomic E-state index is 12.7. The minimum Gasteiger partial charge on any atom is -0.461 e. The van der Waals surface area contributed by atoms with Gasteiger partial charge in [-0.05, 0) is 35.6 Å². The molecular weight excluding hydrogens is 288 g/mol. The summed E-state index contributed by atoms with van der Waals surface area (Å²) in [7, 11) is 0. The largest absolute Gasteiger partial charge is 0.461 e. The second kappa shape index (κ2) is 4.50. The summed E-state index contributed by atoms with van der Waals surface area (Å²) in [6.07, 6.45) is 1.01. The van der Waals surface area contributed by atoms with Gasteiger partial charge in [0.25, 0.3) is 0 Å². The average Bonchev–Trinajstić information content (AvgIpc) is 2.10. The van der Waals surface area contributed by atoms with E-state index in [4.69, 9.17) is 4.74 Å².